The number of sulfonamides is 1. The number of hydrogen-bond acceptors (Lipinski definition) is 6. The zero-order chi connectivity index (χ0) is 22.4. The van der Waals surface area contributed by atoms with E-state index in [2.05, 4.69) is 5.32 Å². The second-order valence-corrected chi connectivity index (χ2v) is 9.19. The molecule has 1 unspecified atom stereocenters. The molecule has 2 aromatic carbocycles. The van der Waals surface area contributed by atoms with Crippen LogP contribution in [0.3, 0.4) is 0 Å². The maximum Gasteiger partial charge on any atom is 0.309 e. The third-order valence-corrected chi connectivity index (χ3v) is 7.00. The number of carbonyl (C=O) groups is 2. The number of ether oxygens (including phenoxy) is 1. The van der Waals surface area contributed by atoms with Gasteiger partial charge in [0.05, 0.1) is 22.4 Å². The van der Waals surface area contributed by atoms with Gasteiger partial charge in [0.1, 0.15) is 0 Å². The van der Waals surface area contributed by atoms with Gasteiger partial charge in [-0.2, -0.15) is 9.57 Å². The molecule has 1 fully saturated rings. The van der Waals surface area contributed by atoms with Crippen LogP contribution in [-0.2, 0) is 24.3 Å². The lowest BCUT2D eigenvalue weighted by Crippen LogP contribution is -2.41. The molecule has 9 heteroatoms. The van der Waals surface area contributed by atoms with Crippen molar-refractivity contribution in [3.63, 3.8) is 0 Å². The first kappa shape index (κ1) is 22.5. The molecule has 1 aliphatic rings. The van der Waals surface area contributed by atoms with Crippen LogP contribution in [0.15, 0.2) is 59.5 Å². The van der Waals surface area contributed by atoms with Gasteiger partial charge in [-0.3, -0.25) is 9.59 Å². The molecule has 162 valence electrons. The van der Waals surface area contributed by atoms with E-state index >= 15 is 0 Å². The molecule has 1 atom stereocenters. The molecule has 1 N–H and O–H groups in total. The highest BCUT2D eigenvalue weighted by molar-refractivity contribution is 7.89. The van der Waals surface area contributed by atoms with Crippen molar-refractivity contribution in [1.82, 2.24) is 4.31 Å². The van der Waals surface area contributed by atoms with E-state index in [0.29, 0.717) is 24.1 Å². The minimum Gasteiger partial charge on any atom is -0.452 e. The fraction of sp³-hybridized carbons (Fsp3) is 0.318. The second-order valence-electron chi connectivity index (χ2n) is 7.25. The summed E-state index contributed by atoms with van der Waals surface area (Å²) >= 11 is 0. The monoisotopic (exact) mass is 441 g/mol. The number of benzene rings is 2. The minimum atomic E-state index is -3.59. The van der Waals surface area contributed by atoms with E-state index in [9.17, 15) is 18.0 Å². The first-order chi connectivity index (χ1) is 14.8. The second kappa shape index (κ2) is 9.73. The van der Waals surface area contributed by atoms with Crippen LogP contribution < -0.4 is 5.32 Å². The minimum absolute atomic E-state index is 0.207. The predicted molar refractivity (Wildman–Crippen MR) is 113 cm³/mol. The van der Waals surface area contributed by atoms with Gasteiger partial charge in [-0.15, -0.1) is 0 Å². The summed E-state index contributed by atoms with van der Waals surface area (Å²) in [6, 6.07) is 16.6. The van der Waals surface area contributed by atoms with Crippen molar-refractivity contribution < 1.29 is 22.7 Å². The van der Waals surface area contributed by atoms with Gasteiger partial charge in [-0.1, -0.05) is 24.3 Å². The van der Waals surface area contributed by atoms with Gasteiger partial charge >= 0.3 is 5.97 Å². The molecule has 0 bridgehead atoms. The van der Waals surface area contributed by atoms with E-state index in [1.54, 1.807) is 48.5 Å². The molecule has 0 spiro atoms. The molecule has 31 heavy (non-hydrogen) atoms. The van der Waals surface area contributed by atoms with Gasteiger partial charge in [0, 0.05) is 18.8 Å². The molecule has 1 aliphatic heterocycles. The Hall–Kier alpha value is -3.22. The number of hydrogen-bond donors (Lipinski definition) is 1. The number of nitriles is 1. The van der Waals surface area contributed by atoms with Gasteiger partial charge in [0.25, 0.3) is 5.91 Å². The quantitative estimate of drug-likeness (QED) is 0.689. The van der Waals surface area contributed by atoms with Crippen molar-refractivity contribution in [2.24, 2.45) is 5.92 Å². The summed E-state index contributed by atoms with van der Waals surface area (Å²) in [7, 11) is -3.59. The Morgan fingerprint density at radius 1 is 1.13 bits per heavy atom. The maximum atomic E-state index is 12.7. The van der Waals surface area contributed by atoms with E-state index < -0.39 is 33.9 Å². The van der Waals surface area contributed by atoms with Crippen molar-refractivity contribution in [2.45, 2.75) is 30.8 Å². The molecule has 1 amide bonds. The standard InChI is InChI=1S/C22H23N3O5S/c1-16(21(26)24-19-7-5-6-17(14-19)15-23)30-22(27)18-10-12-25(13-11-18)31(28,29)20-8-3-2-4-9-20/h2-9,14,16,18H,10-13H2,1H3,(H,24,26). The zero-order valence-electron chi connectivity index (χ0n) is 17.0. The van der Waals surface area contributed by atoms with Crippen LogP contribution in [0.1, 0.15) is 25.3 Å². The van der Waals surface area contributed by atoms with Crippen molar-refractivity contribution in [3.05, 3.63) is 60.2 Å². The fourth-order valence-corrected chi connectivity index (χ4v) is 4.80. The SMILES string of the molecule is CC(OC(=O)C1CCN(S(=O)(=O)c2ccccc2)CC1)C(=O)Nc1cccc(C#N)c1. The van der Waals surface area contributed by atoms with E-state index in [1.165, 1.54) is 17.3 Å². The Balaban J connectivity index is 1.52. The van der Waals surface area contributed by atoms with Crippen molar-refractivity contribution >= 4 is 27.6 Å². The lowest BCUT2D eigenvalue weighted by Gasteiger charge is -2.30. The van der Waals surface area contributed by atoms with Crippen LogP contribution in [-0.4, -0.2) is 43.8 Å². The van der Waals surface area contributed by atoms with Crippen molar-refractivity contribution in [2.75, 3.05) is 18.4 Å². The van der Waals surface area contributed by atoms with Gasteiger partial charge < -0.3 is 10.1 Å². The number of carbonyl (C=O) groups excluding carboxylic acids is 2. The van der Waals surface area contributed by atoms with Gasteiger partial charge in [-0.05, 0) is 50.1 Å². The number of rotatable bonds is 6. The smallest absolute Gasteiger partial charge is 0.309 e. The van der Waals surface area contributed by atoms with Gasteiger partial charge in [-0.25, -0.2) is 8.42 Å². The third kappa shape index (κ3) is 5.48. The average Bonchev–Trinajstić information content (AvgIpc) is 2.79. The normalized spacial score (nSPS) is 16.1. The molecule has 1 heterocycles. The summed E-state index contributed by atoms with van der Waals surface area (Å²) in [5, 5.41) is 11.5. The summed E-state index contributed by atoms with van der Waals surface area (Å²) in [4.78, 5) is 25.0. The fourth-order valence-electron chi connectivity index (χ4n) is 3.31. The molecule has 8 nitrogen and oxygen atoms in total. The van der Waals surface area contributed by atoms with Crippen LogP contribution in [0, 0.1) is 17.2 Å². The first-order valence-electron chi connectivity index (χ1n) is 9.88. The Morgan fingerprint density at radius 2 is 1.81 bits per heavy atom. The van der Waals surface area contributed by atoms with Crippen LogP contribution in [0.4, 0.5) is 5.69 Å². The highest BCUT2D eigenvalue weighted by Gasteiger charge is 2.33. The van der Waals surface area contributed by atoms with Crippen LogP contribution in [0.5, 0.6) is 0 Å². The summed E-state index contributed by atoms with van der Waals surface area (Å²) in [6.07, 6.45) is -0.378. The van der Waals surface area contributed by atoms with E-state index in [4.69, 9.17) is 10.00 Å². The molecule has 1 saturated heterocycles. The number of nitrogens with one attached hydrogen (secondary N) is 1. The number of piperidine rings is 1. The Morgan fingerprint density at radius 3 is 2.45 bits per heavy atom. The largest absolute Gasteiger partial charge is 0.452 e. The molecule has 3 rings (SSSR count). The Labute approximate surface area is 181 Å². The van der Waals surface area contributed by atoms with E-state index in [-0.39, 0.29) is 18.0 Å². The summed E-state index contributed by atoms with van der Waals surface area (Å²) in [5.74, 6) is -1.50. The highest BCUT2D eigenvalue weighted by atomic mass is 32.2. The van der Waals surface area contributed by atoms with Crippen LogP contribution >= 0.6 is 0 Å². The molecule has 0 radical (unpaired) electrons. The van der Waals surface area contributed by atoms with Crippen molar-refractivity contribution in [1.29, 1.82) is 5.26 Å². The number of amides is 1. The molecular weight excluding hydrogens is 418 g/mol. The lowest BCUT2D eigenvalue weighted by atomic mass is 9.98. The molecule has 0 aromatic heterocycles. The number of nitrogens with zero attached hydrogens (tertiary/aromatic N) is 2. The maximum absolute atomic E-state index is 12.7. The average molecular weight is 442 g/mol. The van der Waals surface area contributed by atoms with Gasteiger partial charge in [0.2, 0.25) is 10.0 Å². The third-order valence-electron chi connectivity index (χ3n) is 5.09. The molecule has 0 aliphatic carbocycles. The first-order valence-corrected chi connectivity index (χ1v) is 11.3. The van der Waals surface area contributed by atoms with E-state index in [1.807, 2.05) is 6.07 Å². The molecular formula is C22H23N3O5S. The van der Waals surface area contributed by atoms with E-state index in [0.717, 1.165) is 0 Å². The highest BCUT2D eigenvalue weighted by Crippen LogP contribution is 2.25. The lowest BCUT2D eigenvalue weighted by molar-refractivity contribution is -0.158. The van der Waals surface area contributed by atoms with Gasteiger partial charge in [0.15, 0.2) is 6.10 Å². The Bertz CT molecular complexity index is 1090. The topological polar surface area (TPSA) is 117 Å². The molecule has 2 aromatic rings. The van der Waals surface area contributed by atoms with Crippen molar-refractivity contribution in [3.8, 4) is 6.07 Å². The number of anilines is 1. The zero-order valence-corrected chi connectivity index (χ0v) is 17.8. The van der Waals surface area contributed by atoms with Crippen LogP contribution in [0.25, 0.3) is 0 Å². The Kier molecular flexibility index (Phi) is 7.05. The summed E-state index contributed by atoms with van der Waals surface area (Å²) in [5.41, 5.74) is 0.839. The van der Waals surface area contributed by atoms with Crippen LogP contribution in [0.2, 0.25) is 0 Å². The summed E-state index contributed by atoms with van der Waals surface area (Å²) < 4.78 is 32.0. The number of esters is 1. The summed E-state index contributed by atoms with van der Waals surface area (Å²) in [6.45, 7) is 1.88. The predicted octanol–water partition coefficient (Wildman–Crippen LogP) is 2.53. The molecule has 0 saturated carbocycles.